The van der Waals surface area contributed by atoms with Crippen molar-refractivity contribution >= 4 is 5.69 Å². The molecule has 0 spiro atoms. The van der Waals surface area contributed by atoms with E-state index in [1.54, 1.807) is 7.11 Å². The van der Waals surface area contributed by atoms with E-state index < -0.39 is 0 Å². The summed E-state index contributed by atoms with van der Waals surface area (Å²) in [6, 6.07) is 18.5. The minimum atomic E-state index is 0.254. The Hall–Kier alpha value is -2.26. The number of rotatable bonds is 9. The second-order valence-corrected chi connectivity index (χ2v) is 5.33. The SMILES string of the molecule is C/C=C/C(CCOCc1ccccc1)Nc1ccc(OC)cc1. The Morgan fingerprint density at radius 3 is 2.43 bits per heavy atom. The van der Waals surface area contributed by atoms with Gasteiger partial charge in [0.25, 0.3) is 0 Å². The summed E-state index contributed by atoms with van der Waals surface area (Å²) in [4.78, 5) is 0. The van der Waals surface area contributed by atoms with Gasteiger partial charge in [-0.3, -0.25) is 0 Å². The molecule has 1 unspecified atom stereocenters. The van der Waals surface area contributed by atoms with E-state index in [-0.39, 0.29) is 6.04 Å². The third-order valence-electron chi connectivity index (χ3n) is 3.55. The molecule has 0 aliphatic heterocycles. The number of benzene rings is 2. The molecule has 0 aliphatic carbocycles. The average Bonchev–Trinajstić information content (AvgIpc) is 2.60. The van der Waals surface area contributed by atoms with E-state index in [0.717, 1.165) is 17.9 Å². The molecule has 2 aromatic rings. The van der Waals surface area contributed by atoms with Crippen molar-refractivity contribution in [1.82, 2.24) is 0 Å². The van der Waals surface area contributed by atoms with Crippen LogP contribution in [0.2, 0.25) is 0 Å². The van der Waals surface area contributed by atoms with E-state index in [4.69, 9.17) is 9.47 Å². The molecule has 1 N–H and O–H groups in total. The molecule has 0 amide bonds. The summed E-state index contributed by atoms with van der Waals surface area (Å²) in [5, 5.41) is 3.51. The highest BCUT2D eigenvalue weighted by Crippen LogP contribution is 2.17. The van der Waals surface area contributed by atoms with Gasteiger partial charge in [0.15, 0.2) is 0 Å². The summed E-state index contributed by atoms with van der Waals surface area (Å²) in [6.07, 6.45) is 5.15. The average molecular weight is 311 g/mol. The molecule has 0 heterocycles. The van der Waals surface area contributed by atoms with E-state index in [0.29, 0.717) is 13.2 Å². The molecule has 0 bridgehead atoms. The molecule has 2 aromatic carbocycles. The first-order valence-electron chi connectivity index (χ1n) is 7.97. The molecule has 0 aliphatic rings. The summed E-state index contributed by atoms with van der Waals surface area (Å²) in [5.41, 5.74) is 2.29. The highest BCUT2D eigenvalue weighted by molar-refractivity contribution is 5.47. The molecule has 3 heteroatoms. The Bertz CT molecular complexity index is 578. The van der Waals surface area contributed by atoms with Crippen molar-refractivity contribution in [3.8, 4) is 5.75 Å². The molecule has 0 radical (unpaired) electrons. The molecule has 0 fully saturated rings. The zero-order valence-electron chi connectivity index (χ0n) is 13.9. The van der Waals surface area contributed by atoms with Gasteiger partial charge in [-0.25, -0.2) is 0 Å². The van der Waals surface area contributed by atoms with Crippen LogP contribution in [0.15, 0.2) is 66.7 Å². The van der Waals surface area contributed by atoms with Crippen LogP contribution in [0.1, 0.15) is 18.9 Å². The van der Waals surface area contributed by atoms with E-state index in [9.17, 15) is 0 Å². The largest absolute Gasteiger partial charge is 0.497 e. The summed E-state index contributed by atoms with van der Waals surface area (Å²) >= 11 is 0. The first-order valence-corrected chi connectivity index (χ1v) is 7.97. The highest BCUT2D eigenvalue weighted by atomic mass is 16.5. The fourth-order valence-corrected chi connectivity index (χ4v) is 2.32. The van der Waals surface area contributed by atoms with Crippen LogP contribution in [-0.2, 0) is 11.3 Å². The van der Waals surface area contributed by atoms with Crippen LogP contribution < -0.4 is 10.1 Å². The Morgan fingerprint density at radius 2 is 1.78 bits per heavy atom. The molecule has 1 atom stereocenters. The molecule has 2 rings (SSSR count). The molecule has 0 saturated heterocycles. The first kappa shape index (κ1) is 17.1. The summed E-state index contributed by atoms with van der Waals surface area (Å²) in [7, 11) is 1.68. The van der Waals surface area contributed by atoms with Crippen molar-refractivity contribution in [2.24, 2.45) is 0 Å². The number of methoxy groups -OCH3 is 1. The number of ether oxygens (including phenoxy) is 2. The van der Waals surface area contributed by atoms with Crippen molar-refractivity contribution in [2.75, 3.05) is 19.0 Å². The fraction of sp³-hybridized carbons (Fsp3) is 0.300. The molecule has 23 heavy (non-hydrogen) atoms. The minimum absolute atomic E-state index is 0.254. The van der Waals surface area contributed by atoms with E-state index in [1.807, 2.05) is 49.4 Å². The van der Waals surface area contributed by atoms with Crippen LogP contribution in [0, 0.1) is 0 Å². The van der Waals surface area contributed by atoms with Gasteiger partial charge in [0.05, 0.1) is 13.7 Å². The number of nitrogens with one attached hydrogen (secondary N) is 1. The predicted octanol–water partition coefficient (Wildman–Crippen LogP) is 4.66. The van der Waals surface area contributed by atoms with Crippen LogP contribution in [0.3, 0.4) is 0 Å². The molecule has 3 nitrogen and oxygen atoms in total. The summed E-state index contributed by atoms with van der Waals surface area (Å²) in [6.45, 7) is 3.41. The number of allylic oxidation sites excluding steroid dienone is 1. The van der Waals surface area contributed by atoms with Crippen LogP contribution in [0.5, 0.6) is 5.75 Å². The lowest BCUT2D eigenvalue weighted by Gasteiger charge is -2.17. The van der Waals surface area contributed by atoms with E-state index >= 15 is 0 Å². The minimum Gasteiger partial charge on any atom is -0.497 e. The van der Waals surface area contributed by atoms with Crippen molar-refractivity contribution in [3.63, 3.8) is 0 Å². The zero-order valence-corrected chi connectivity index (χ0v) is 13.9. The first-order chi connectivity index (χ1) is 11.3. The van der Waals surface area contributed by atoms with Crippen molar-refractivity contribution in [1.29, 1.82) is 0 Å². The Labute approximate surface area is 138 Å². The van der Waals surface area contributed by atoms with Crippen molar-refractivity contribution in [3.05, 3.63) is 72.3 Å². The van der Waals surface area contributed by atoms with Gasteiger partial charge in [0.2, 0.25) is 0 Å². The maximum atomic E-state index is 5.78. The van der Waals surface area contributed by atoms with Gasteiger partial charge in [-0.2, -0.15) is 0 Å². The second-order valence-electron chi connectivity index (χ2n) is 5.33. The Kier molecular flexibility index (Phi) is 7.21. The summed E-state index contributed by atoms with van der Waals surface area (Å²) < 4.78 is 11.0. The van der Waals surface area contributed by atoms with Gasteiger partial charge in [0, 0.05) is 18.3 Å². The third-order valence-corrected chi connectivity index (χ3v) is 3.55. The quantitative estimate of drug-likeness (QED) is 0.540. The van der Waals surface area contributed by atoms with Gasteiger partial charge in [0.1, 0.15) is 5.75 Å². The summed E-state index contributed by atoms with van der Waals surface area (Å²) in [5.74, 6) is 0.865. The topological polar surface area (TPSA) is 30.5 Å². The maximum absolute atomic E-state index is 5.78. The number of anilines is 1. The van der Waals surface area contributed by atoms with Gasteiger partial charge in [-0.05, 0) is 43.2 Å². The number of hydrogen-bond donors (Lipinski definition) is 1. The smallest absolute Gasteiger partial charge is 0.119 e. The van der Waals surface area contributed by atoms with Crippen molar-refractivity contribution < 1.29 is 9.47 Å². The third kappa shape index (κ3) is 6.17. The molecule has 0 aromatic heterocycles. The normalized spacial score (nSPS) is 12.3. The lowest BCUT2D eigenvalue weighted by Crippen LogP contribution is -2.19. The van der Waals surface area contributed by atoms with Crippen LogP contribution in [-0.4, -0.2) is 19.8 Å². The van der Waals surface area contributed by atoms with Gasteiger partial charge in [-0.15, -0.1) is 0 Å². The Morgan fingerprint density at radius 1 is 1.04 bits per heavy atom. The van der Waals surface area contributed by atoms with Crippen molar-refractivity contribution in [2.45, 2.75) is 26.0 Å². The fourth-order valence-electron chi connectivity index (χ4n) is 2.32. The van der Waals surface area contributed by atoms with Crippen LogP contribution in [0.25, 0.3) is 0 Å². The standard InChI is InChI=1S/C20H25NO2/c1-3-7-18(21-19-10-12-20(22-2)13-11-19)14-15-23-16-17-8-5-4-6-9-17/h3-13,18,21H,14-16H2,1-2H3/b7-3+. The molecular weight excluding hydrogens is 286 g/mol. The molecule has 0 saturated carbocycles. The van der Waals surface area contributed by atoms with Gasteiger partial charge in [-0.1, -0.05) is 42.5 Å². The number of hydrogen-bond acceptors (Lipinski definition) is 3. The zero-order chi connectivity index (χ0) is 16.3. The lowest BCUT2D eigenvalue weighted by atomic mass is 10.2. The van der Waals surface area contributed by atoms with Gasteiger partial charge < -0.3 is 14.8 Å². The lowest BCUT2D eigenvalue weighted by molar-refractivity contribution is 0.117. The van der Waals surface area contributed by atoms with E-state index in [2.05, 4.69) is 29.6 Å². The van der Waals surface area contributed by atoms with E-state index in [1.165, 1.54) is 5.56 Å². The predicted molar refractivity (Wildman–Crippen MR) is 95.9 cm³/mol. The van der Waals surface area contributed by atoms with Crippen LogP contribution >= 0.6 is 0 Å². The molecule has 122 valence electrons. The highest BCUT2D eigenvalue weighted by Gasteiger charge is 2.05. The van der Waals surface area contributed by atoms with Crippen LogP contribution in [0.4, 0.5) is 5.69 Å². The molecular formula is C20H25NO2. The Balaban J connectivity index is 1.78. The second kappa shape index (κ2) is 9.70. The monoisotopic (exact) mass is 311 g/mol. The maximum Gasteiger partial charge on any atom is 0.119 e. The van der Waals surface area contributed by atoms with Gasteiger partial charge >= 0.3 is 0 Å².